The molecular formula is C17H26N2O5. The van der Waals surface area contributed by atoms with Crippen molar-refractivity contribution in [2.24, 2.45) is 11.5 Å². The largest absolute Gasteiger partial charge is 0.504 e. The van der Waals surface area contributed by atoms with Gasteiger partial charge in [0, 0.05) is 6.42 Å². The maximum atomic E-state index is 11.9. The molecule has 0 bridgehead atoms. The van der Waals surface area contributed by atoms with Crippen LogP contribution in [0.15, 0.2) is 18.2 Å². The molecule has 0 aliphatic carbocycles. The number of phenols is 1. The van der Waals surface area contributed by atoms with E-state index in [0.29, 0.717) is 18.5 Å². The van der Waals surface area contributed by atoms with Crippen LogP contribution in [0.25, 0.3) is 0 Å². The highest BCUT2D eigenvalue weighted by Crippen LogP contribution is 2.27. The molecule has 1 aromatic rings. The van der Waals surface area contributed by atoms with Crippen LogP contribution in [-0.2, 0) is 20.7 Å². The quantitative estimate of drug-likeness (QED) is 0.504. The summed E-state index contributed by atoms with van der Waals surface area (Å²) in [5.41, 5.74) is 11.2. The molecule has 0 aromatic heterocycles. The lowest BCUT2D eigenvalue weighted by atomic mass is 10.1. The van der Waals surface area contributed by atoms with Crippen molar-refractivity contribution in [1.29, 1.82) is 0 Å². The van der Waals surface area contributed by atoms with Crippen molar-refractivity contribution in [3.05, 3.63) is 23.8 Å². The van der Waals surface area contributed by atoms with E-state index in [2.05, 4.69) is 0 Å². The molecule has 7 heteroatoms. The molecular weight excluding hydrogens is 312 g/mol. The van der Waals surface area contributed by atoms with Crippen LogP contribution in [0.4, 0.5) is 0 Å². The van der Waals surface area contributed by atoms with Crippen LogP contribution in [0.2, 0.25) is 0 Å². The average molecular weight is 338 g/mol. The number of ether oxygens (including phenoxy) is 2. The fraction of sp³-hybridized carbons (Fsp3) is 0.529. The van der Waals surface area contributed by atoms with Gasteiger partial charge in [-0.25, -0.2) is 0 Å². The summed E-state index contributed by atoms with van der Waals surface area (Å²) in [5, 5.41) is 9.94. The monoisotopic (exact) mass is 338 g/mol. The van der Waals surface area contributed by atoms with Crippen LogP contribution in [0.3, 0.4) is 0 Å². The molecule has 0 spiro atoms. The fourth-order valence-electron chi connectivity index (χ4n) is 1.91. The van der Waals surface area contributed by atoms with Crippen LogP contribution < -0.4 is 16.2 Å². The molecule has 0 aliphatic rings. The van der Waals surface area contributed by atoms with E-state index < -0.39 is 23.6 Å². The van der Waals surface area contributed by atoms with Crippen molar-refractivity contribution in [3.8, 4) is 11.5 Å². The first-order valence-electron chi connectivity index (χ1n) is 7.83. The second-order valence-corrected chi connectivity index (χ2v) is 6.51. The summed E-state index contributed by atoms with van der Waals surface area (Å²) in [5.74, 6) is -1.11. The Morgan fingerprint density at radius 1 is 1.29 bits per heavy atom. The Hall–Kier alpha value is -2.12. The summed E-state index contributed by atoms with van der Waals surface area (Å²) in [4.78, 5) is 23.4. The van der Waals surface area contributed by atoms with Crippen LogP contribution >= 0.6 is 0 Å². The zero-order chi connectivity index (χ0) is 18.3. The predicted octanol–water partition coefficient (Wildman–Crippen LogP) is 1.25. The molecule has 0 saturated heterocycles. The maximum absolute atomic E-state index is 11.9. The van der Waals surface area contributed by atoms with Gasteiger partial charge in [0.25, 0.3) is 0 Å². The van der Waals surface area contributed by atoms with Gasteiger partial charge in [-0.15, -0.1) is 0 Å². The zero-order valence-corrected chi connectivity index (χ0v) is 14.4. The summed E-state index contributed by atoms with van der Waals surface area (Å²) in [6, 6.07) is 3.67. The van der Waals surface area contributed by atoms with Crippen LogP contribution in [0.1, 0.15) is 39.2 Å². The topological polar surface area (TPSA) is 125 Å². The molecule has 0 aliphatic heterocycles. The van der Waals surface area contributed by atoms with Crippen LogP contribution in [0, 0.1) is 0 Å². The van der Waals surface area contributed by atoms with E-state index >= 15 is 0 Å². The SMILES string of the molecule is CC(C)(C)OC(=O)[C@@H](N)Cc1ccc(OC(=O)CCCN)c(O)c1. The second kappa shape index (κ2) is 8.65. The van der Waals surface area contributed by atoms with Crippen molar-refractivity contribution in [1.82, 2.24) is 0 Å². The number of esters is 2. The smallest absolute Gasteiger partial charge is 0.323 e. The third-order valence-corrected chi connectivity index (χ3v) is 3.00. The number of carbonyl (C=O) groups is 2. The molecule has 0 radical (unpaired) electrons. The minimum Gasteiger partial charge on any atom is -0.504 e. The van der Waals surface area contributed by atoms with Gasteiger partial charge in [-0.05, 0) is 57.9 Å². The van der Waals surface area contributed by atoms with Crippen molar-refractivity contribution in [3.63, 3.8) is 0 Å². The third kappa shape index (κ3) is 6.97. The highest BCUT2D eigenvalue weighted by Gasteiger charge is 2.22. The van der Waals surface area contributed by atoms with E-state index in [1.54, 1.807) is 26.8 Å². The van der Waals surface area contributed by atoms with Gasteiger partial charge in [-0.3, -0.25) is 9.59 Å². The predicted molar refractivity (Wildman–Crippen MR) is 89.6 cm³/mol. The number of rotatable bonds is 7. The number of carbonyl (C=O) groups excluding carboxylic acids is 2. The van der Waals surface area contributed by atoms with Gasteiger partial charge in [-0.2, -0.15) is 0 Å². The lowest BCUT2D eigenvalue weighted by Gasteiger charge is -2.22. The Bertz CT molecular complexity index is 581. The molecule has 0 heterocycles. The molecule has 0 saturated carbocycles. The minimum atomic E-state index is -0.846. The van der Waals surface area contributed by atoms with E-state index in [-0.39, 0.29) is 24.3 Å². The van der Waals surface area contributed by atoms with Gasteiger partial charge >= 0.3 is 11.9 Å². The summed E-state index contributed by atoms with van der Waals surface area (Å²) in [7, 11) is 0. The molecule has 134 valence electrons. The summed E-state index contributed by atoms with van der Waals surface area (Å²) >= 11 is 0. The Morgan fingerprint density at radius 2 is 1.96 bits per heavy atom. The fourth-order valence-corrected chi connectivity index (χ4v) is 1.91. The van der Waals surface area contributed by atoms with E-state index in [4.69, 9.17) is 20.9 Å². The molecule has 7 nitrogen and oxygen atoms in total. The van der Waals surface area contributed by atoms with Gasteiger partial charge in [0.05, 0.1) is 0 Å². The van der Waals surface area contributed by atoms with Gasteiger partial charge in [0.1, 0.15) is 11.6 Å². The van der Waals surface area contributed by atoms with Gasteiger partial charge in [0.2, 0.25) is 0 Å². The molecule has 1 atom stereocenters. The number of hydrogen-bond acceptors (Lipinski definition) is 7. The third-order valence-electron chi connectivity index (χ3n) is 3.00. The first kappa shape index (κ1) is 19.9. The lowest BCUT2D eigenvalue weighted by Crippen LogP contribution is -2.38. The van der Waals surface area contributed by atoms with Gasteiger partial charge in [0.15, 0.2) is 11.5 Å². The lowest BCUT2D eigenvalue weighted by molar-refractivity contribution is -0.156. The number of aromatic hydroxyl groups is 1. The molecule has 24 heavy (non-hydrogen) atoms. The second-order valence-electron chi connectivity index (χ2n) is 6.51. The van der Waals surface area contributed by atoms with Crippen molar-refractivity contribution >= 4 is 11.9 Å². The Balaban J connectivity index is 2.67. The molecule has 1 rings (SSSR count). The number of hydrogen-bond donors (Lipinski definition) is 3. The number of phenolic OH excluding ortho intramolecular Hbond substituents is 1. The standard InChI is InChI=1S/C17H26N2O5/c1-17(2,3)24-16(22)12(19)9-11-6-7-14(13(20)10-11)23-15(21)5-4-8-18/h6-7,10,12,20H,4-5,8-9,18-19H2,1-3H3/t12-/m0/s1. The average Bonchev–Trinajstić information content (AvgIpc) is 2.46. The highest BCUT2D eigenvalue weighted by molar-refractivity contribution is 5.76. The van der Waals surface area contributed by atoms with E-state index in [1.807, 2.05) is 0 Å². The number of nitrogens with two attached hydrogens (primary N) is 2. The molecule has 5 N–H and O–H groups in total. The zero-order valence-electron chi connectivity index (χ0n) is 14.4. The van der Waals surface area contributed by atoms with Gasteiger partial charge < -0.3 is 26.0 Å². The van der Waals surface area contributed by atoms with E-state index in [0.717, 1.165) is 0 Å². The van der Waals surface area contributed by atoms with Crippen molar-refractivity contribution in [2.45, 2.75) is 51.7 Å². The first-order chi connectivity index (χ1) is 11.1. The first-order valence-corrected chi connectivity index (χ1v) is 7.83. The summed E-state index contributed by atoms with van der Waals surface area (Å²) < 4.78 is 10.3. The van der Waals surface area contributed by atoms with Crippen molar-refractivity contribution < 1.29 is 24.2 Å². The van der Waals surface area contributed by atoms with Crippen LogP contribution in [-0.4, -0.2) is 35.2 Å². The molecule has 0 unspecified atom stereocenters. The van der Waals surface area contributed by atoms with E-state index in [9.17, 15) is 14.7 Å². The maximum Gasteiger partial charge on any atom is 0.323 e. The van der Waals surface area contributed by atoms with Crippen LogP contribution in [0.5, 0.6) is 11.5 Å². The number of benzene rings is 1. The Kier molecular flexibility index (Phi) is 7.18. The van der Waals surface area contributed by atoms with Gasteiger partial charge in [-0.1, -0.05) is 6.07 Å². The summed E-state index contributed by atoms with van der Waals surface area (Å²) in [6.07, 6.45) is 0.896. The molecule has 0 amide bonds. The Morgan fingerprint density at radius 3 is 2.50 bits per heavy atom. The Labute approximate surface area is 141 Å². The van der Waals surface area contributed by atoms with Crippen molar-refractivity contribution in [2.75, 3.05) is 6.54 Å². The molecule has 0 fully saturated rings. The minimum absolute atomic E-state index is 0.0617. The molecule has 1 aromatic carbocycles. The normalized spacial score (nSPS) is 12.5. The summed E-state index contributed by atoms with van der Waals surface area (Å²) in [6.45, 7) is 5.67. The van der Waals surface area contributed by atoms with E-state index in [1.165, 1.54) is 12.1 Å². The highest BCUT2D eigenvalue weighted by atomic mass is 16.6.